The first kappa shape index (κ1) is 58.0. The third-order valence-corrected chi connectivity index (χ3v) is 19.7. The summed E-state index contributed by atoms with van der Waals surface area (Å²) in [7, 11) is 0. The van der Waals surface area contributed by atoms with Crippen LogP contribution in [0.1, 0.15) is 0 Å². The minimum absolute atomic E-state index is 0.0569. The molecule has 466 valence electrons. The van der Waals surface area contributed by atoms with Crippen molar-refractivity contribution in [1.29, 1.82) is 0 Å². The third-order valence-electron chi connectivity index (χ3n) is 19.7. The van der Waals surface area contributed by atoms with Gasteiger partial charge in [0.15, 0.2) is 23.3 Å². The van der Waals surface area contributed by atoms with Gasteiger partial charge in [0.1, 0.15) is 0 Å². The maximum atomic E-state index is 5.64. The van der Waals surface area contributed by atoms with Gasteiger partial charge >= 0.3 is 0 Å². The zero-order valence-electron chi connectivity index (χ0n) is 54.2. The van der Waals surface area contributed by atoms with Crippen LogP contribution in [-0.4, -0.2) is 36.2 Å². The number of hydrogen-bond donors (Lipinski definition) is 0. The molecule has 0 spiro atoms. The van der Waals surface area contributed by atoms with Crippen LogP contribution in [0.25, 0.3) is 129 Å². The molecular weight excluding hydrogens is 1220 g/mol. The SMILES string of the molecule is c1ccc(-c2ccc3c(c2)c2cc(-c4ccccc4)ccc2n3-c2ccc(-c3cc(-c4ccccc4)nc(-c4ccccc4)n3)cc2-c2nc(-c3ccccc3)nc(-c3cccc(-c4ccc(N5c6ccccc6B6c7ccccc7N(c7ccccc7)c7cccc5c76)cc4)c3)n2)cc1. The first-order valence-corrected chi connectivity index (χ1v) is 33.9. The molecule has 100 heavy (non-hydrogen) atoms. The highest BCUT2D eigenvalue weighted by molar-refractivity contribution is 7.00. The predicted molar refractivity (Wildman–Crippen MR) is 413 cm³/mol. The molecule has 0 atom stereocenters. The highest BCUT2D eigenvalue weighted by Gasteiger charge is 2.43. The Morgan fingerprint density at radius 1 is 0.220 bits per heavy atom. The van der Waals surface area contributed by atoms with Crippen molar-refractivity contribution in [2.45, 2.75) is 0 Å². The highest BCUT2D eigenvalue weighted by atomic mass is 15.2. The first-order chi connectivity index (χ1) is 49.6. The van der Waals surface area contributed by atoms with Crippen LogP contribution in [0.3, 0.4) is 0 Å². The molecule has 0 fully saturated rings. The number of anilines is 6. The molecule has 0 aliphatic carbocycles. The topological polar surface area (TPSA) is 75.9 Å². The average molecular weight is 1280 g/mol. The van der Waals surface area contributed by atoms with Crippen molar-refractivity contribution in [2.24, 2.45) is 0 Å². The molecule has 0 bridgehead atoms. The molecule has 2 aliphatic rings. The Hall–Kier alpha value is -13.4. The summed E-state index contributed by atoms with van der Waals surface area (Å²) in [6, 6.07) is 127. The van der Waals surface area contributed by atoms with Gasteiger partial charge in [-0.1, -0.05) is 261 Å². The molecule has 17 aromatic rings. The number of nitrogens with zero attached hydrogens (tertiary/aromatic N) is 8. The van der Waals surface area contributed by atoms with Crippen molar-refractivity contribution in [3.8, 4) is 107 Å². The van der Waals surface area contributed by atoms with E-state index in [9.17, 15) is 0 Å². The smallest absolute Gasteiger partial charge is 0.252 e. The van der Waals surface area contributed by atoms with Gasteiger partial charge in [-0.15, -0.1) is 0 Å². The van der Waals surface area contributed by atoms with Gasteiger partial charge in [-0.05, 0) is 147 Å². The molecule has 0 amide bonds. The standard InChI is InChI=1S/C91H59BN8/c1-7-25-60(26-8-1)67-47-52-80-73(56-67)74-57-68(61-27-9-2-10-28-61)48-53-81(74)100(80)82-54-49-69(79-59-78(63-29-11-3-12-30-63)93-88(94-79)64-31-13-4-14-32-64)58-75(82)91-96-89(65-33-15-5-16-34-65)95-90(97-91)70-36-23-35-66(55-70)62-45-50-72(51-46-62)99-84-42-22-20-40-77(84)92-76-39-19-21-41-83(76)98(71-37-17-6-18-38-71)85-43-24-44-86(99)87(85)92/h1-59H. The molecule has 0 N–H and O–H groups in total. The van der Waals surface area contributed by atoms with Crippen molar-refractivity contribution in [1.82, 2.24) is 29.5 Å². The number of benzene rings is 14. The van der Waals surface area contributed by atoms with Gasteiger partial charge in [-0.25, -0.2) is 24.9 Å². The number of rotatable bonds is 12. The Kier molecular flexibility index (Phi) is 14.1. The molecule has 0 saturated carbocycles. The van der Waals surface area contributed by atoms with Crippen LogP contribution in [0.2, 0.25) is 0 Å². The molecule has 9 heteroatoms. The summed E-state index contributed by atoms with van der Waals surface area (Å²) in [5, 5.41) is 2.25. The largest absolute Gasteiger partial charge is 0.311 e. The first-order valence-electron chi connectivity index (χ1n) is 33.9. The Labute approximate surface area is 579 Å². The molecule has 2 aliphatic heterocycles. The lowest BCUT2D eigenvalue weighted by atomic mass is 9.33. The van der Waals surface area contributed by atoms with Crippen molar-refractivity contribution in [3.63, 3.8) is 0 Å². The molecule has 0 radical (unpaired) electrons. The number of fused-ring (bicyclic) bond motifs is 7. The van der Waals surface area contributed by atoms with Gasteiger partial charge in [0.2, 0.25) is 0 Å². The lowest BCUT2D eigenvalue weighted by Gasteiger charge is -2.44. The maximum Gasteiger partial charge on any atom is 0.252 e. The van der Waals surface area contributed by atoms with E-state index in [1.807, 2.05) is 42.5 Å². The fourth-order valence-corrected chi connectivity index (χ4v) is 15.0. The lowest BCUT2D eigenvalue weighted by Crippen LogP contribution is -2.61. The van der Waals surface area contributed by atoms with Crippen molar-refractivity contribution in [3.05, 3.63) is 358 Å². The summed E-state index contributed by atoms with van der Waals surface area (Å²) in [6.07, 6.45) is 0. The summed E-state index contributed by atoms with van der Waals surface area (Å²) in [4.78, 5) is 32.0. The Morgan fingerprint density at radius 3 is 1.16 bits per heavy atom. The summed E-state index contributed by atoms with van der Waals surface area (Å²) in [5.41, 5.74) is 27.3. The Balaban J connectivity index is 0.775. The lowest BCUT2D eigenvalue weighted by molar-refractivity contribution is 1.06. The van der Waals surface area contributed by atoms with E-state index < -0.39 is 0 Å². The van der Waals surface area contributed by atoms with E-state index in [1.54, 1.807) is 0 Å². The van der Waals surface area contributed by atoms with Gasteiger partial charge in [-0.2, -0.15) is 0 Å². The van der Waals surface area contributed by atoms with Gasteiger partial charge < -0.3 is 14.4 Å². The second-order valence-corrected chi connectivity index (χ2v) is 25.5. The fraction of sp³-hybridized carbons (Fsp3) is 0. The summed E-state index contributed by atoms with van der Waals surface area (Å²) in [6.45, 7) is 0.0569. The second kappa shape index (κ2) is 24.4. The third kappa shape index (κ3) is 10.1. The van der Waals surface area contributed by atoms with Crippen LogP contribution < -0.4 is 26.2 Å². The quantitative estimate of drug-likeness (QED) is 0.113. The number of hydrogen-bond acceptors (Lipinski definition) is 7. The number of para-hydroxylation sites is 3. The molecule has 5 heterocycles. The van der Waals surface area contributed by atoms with E-state index in [0.29, 0.717) is 23.3 Å². The van der Waals surface area contributed by atoms with Gasteiger partial charge in [0, 0.05) is 78.3 Å². The van der Waals surface area contributed by atoms with Gasteiger partial charge in [-0.3, -0.25) is 0 Å². The van der Waals surface area contributed by atoms with Crippen molar-refractivity contribution >= 4 is 79.0 Å². The normalized spacial score (nSPS) is 12.1. The van der Waals surface area contributed by atoms with Gasteiger partial charge in [0.25, 0.3) is 6.71 Å². The summed E-state index contributed by atoms with van der Waals surface area (Å²) < 4.78 is 2.39. The highest BCUT2D eigenvalue weighted by Crippen LogP contribution is 2.46. The molecular formula is C91H59BN8. The molecule has 14 aromatic carbocycles. The second-order valence-electron chi connectivity index (χ2n) is 25.5. The van der Waals surface area contributed by atoms with E-state index in [2.05, 4.69) is 330 Å². The van der Waals surface area contributed by atoms with E-state index in [1.165, 1.54) is 39.1 Å². The monoisotopic (exact) mass is 1270 g/mol. The molecule has 19 rings (SSSR count). The summed E-state index contributed by atoms with van der Waals surface area (Å²) >= 11 is 0. The van der Waals surface area contributed by atoms with E-state index in [0.717, 1.165) is 117 Å². The maximum absolute atomic E-state index is 5.64. The van der Waals surface area contributed by atoms with Crippen molar-refractivity contribution < 1.29 is 0 Å². The zero-order chi connectivity index (χ0) is 66.0. The summed E-state index contributed by atoms with van der Waals surface area (Å²) in [5.74, 6) is 2.23. The van der Waals surface area contributed by atoms with Gasteiger partial charge in [0.05, 0.1) is 28.1 Å². The molecule has 0 unspecified atom stereocenters. The van der Waals surface area contributed by atoms with Crippen LogP contribution in [0.4, 0.5) is 34.1 Å². The van der Waals surface area contributed by atoms with E-state index in [4.69, 9.17) is 24.9 Å². The molecule has 8 nitrogen and oxygen atoms in total. The van der Waals surface area contributed by atoms with Crippen molar-refractivity contribution in [2.75, 3.05) is 9.80 Å². The number of aromatic nitrogens is 6. The Morgan fingerprint density at radius 2 is 0.600 bits per heavy atom. The zero-order valence-corrected chi connectivity index (χ0v) is 54.2. The fourth-order valence-electron chi connectivity index (χ4n) is 15.0. The van der Waals surface area contributed by atoms with Crippen LogP contribution >= 0.6 is 0 Å². The van der Waals surface area contributed by atoms with Crippen LogP contribution in [0.5, 0.6) is 0 Å². The van der Waals surface area contributed by atoms with Crippen LogP contribution in [-0.2, 0) is 0 Å². The predicted octanol–water partition coefficient (Wildman–Crippen LogP) is 20.8. The van der Waals surface area contributed by atoms with E-state index in [-0.39, 0.29) is 6.71 Å². The minimum Gasteiger partial charge on any atom is -0.311 e. The van der Waals surface area contributed by atoms with E-state index >= 15 is 0 Å². The average Bonchev–Trinajstić information content (AvgIpc) is 0.841. The molecule has 3 aromatic heterocycles. The molecule has 0 saturated heterocycles. The van der Waals surface area contributed by atoms with Crippen LogP contribution in [0, 0.1) is 0 Å². The minimum atomic E-state index is 0.0569. The van der Waals surface area contributed by atoms with Crippen LogP contribution in [0.15, 0.2) is 358 Å². The Bertz CT molecular complexity index is 5820.